The molecule has 0 bridgehead atoms. The Bertz CT molecular complexity index is 544. The van der Waals surface area contributed by atoms with E-state index < -0.39 is 11.6 Å². The van der Waals surface area contributed by atoms with Crippen molar-refractivity contribution in [3.8, 4) is 0 Å². The standard InChI is InChI=1S/C15H19FN2O3/c1-14(2)20-9-15(10-21-14)7-18(8-15)13(19)17-12-6-4-3-5-11(12)16/h3-6H,7-10H2,1-2H3,(H,17,19). The Morgan fingerprint density at radius 3 is 2.48 bits per heavy atom. The molecule has 2 aliphatic rings. The van der Waals surface area contributed by atoms with E-state index in [2.05, 4.69) is 5.32 Å². The highest BCUT2D eigenvalue weighted by atomic mass is 19.1. The van der Waals surface area contributed by atoms with Crippen molar-refractivity contribution >= 4 is 11.7 Å². The molecule has 1 spiro atoms. The second-order valence-electron chi connectivity index (χ2n) is 6.24. The minimum absolute atomic E-state index is 0.123. The van der Waals surface area contributed by atoms with Gasteiger partial charge in [0.15, 0.2) is 5.79 Å². The number of hydrogen-bond acceptors (Lipinski definition) is 3. The molecule has 114 valence electrons. The zero-order chi connectivity index (χ0) is 15.1. The van der Waals surface area contributed by atoms with Gasteiger partial charge in [0, 0.05) is 13.1 Å². The van der Waals surface area contributed by atoms with Crippen LogP contribution in [0, 0.1) is 11.2 Å². The molecule has 5 nitrogen and oxygen atoms in total. The first kappa shape index (κ1) is 14.3. The molecular weight excluding hydrogens is 275 g/mol. The third kappa shape index (κ3) is 2.87. The van der Waals surface area contributed by atoms with Crippen LogP contribution < -0.4 is 5.32 Å². The van der Waals surface area contributed by atoms with Crippen molar-refractivity contribution in [2.45, 2.75) is 19.6 Å². The summed E-state index contributed by atoms with van der Waals surface area (Å²) < 4.78 is 24.8. The summed E-state index contributed by atoms with van der Waals surface area (Å²) in [6.45, 7) is 6.02. The lowest BCUT2D eigenvalue weighted by Crippen LogP contribution is -2.66. The smallest absolute Gasteiger partial charge is 0.321 e. The maximum absolute atomic E-state index is 13.5. The summed E-state index contributed by atoms with van der Waals surface area (Å²) in [5.74, 6) is -0.992. The summed E-state index contributed by atoms with van der Waals surface area (Å²) in [6.07, 6.45) is 0. The van der Waals surface area contributed by atoms with Gasteiger partial charge in [0.05, 0.1) is 24.3 Å². The van der Waals surface area contributed by atoms with Crippen LogP contribution in [-0.4, -0.2) is 43.0 Å². The summed E-state index contributed by atoms with van der Waals surface area (Å²) >= 11 is 0. The minimum Gasteiger partial charge on any atom is -0.350 e. The molecule has 6 heteroatoms. The van der Waals surface area contributed by atoms with Crippen LogP contribution in [0.15, 0.2) is 24.3 Å². The average Bonchev–Trinajstić information content (AvgIpc) is 2.39. The number of hydrogen-bond donors (Lipinski definition) is 1. The fraction of sp³-hybridized carbons (Fsp3) is 0.533. The number of benzene rings is 1. The number of amides is 2. The van der Waals surface area contributed by atoms with Crippen LogP contribution in [0.2, 0.25) is 0 Å². The third-order valence-corrected chi connectivity index (χ3v) is 3.91. The Kier molecular flexibility index (Phi) is 3.37. The summed E-state index contributed by atoms with van der Waals surface area (Å²) in [5, 5.41) is 2.58. The Morgan fingerprint density at radius 1 is 1.24 bits per heavy atom. The predicted molar refractivity (Wildman–Crippen MR) is 75.4 cm³/mol. The van der Waals surface area contributed by atoms with Crippen molar-refractivity contribution in [1.82, 2.24) is 4.90 Å². The first-order chi connectivity index (χ1) is 9.89. The molecule has 1 aromatic rings. The molecule has 21 heavy (non-hydrogen) atoms. The third-order valence-electron chi connectivity index (χ3n) is 3.91. The maximum Gasteiger partial charge on any atom is 0.321 e. The van der Waals surface area contributed by atoms with Crippen LogP contribution in [0.5, 0.6) is 0 Å². The largest absolute Gasteiger partial charge is 0.350 e. The normalized spacial score (nSPS) is 22.7. The zero-order valence-electron chi connectivity index (χ0n) is 12.2. The van der Waals surface area contributed by atoms with Crippen LogP contribution in [0.1, 0.15) is 13.8 Å². The van der Waals surface area contributed by atoms with E-state index in [-0.39, 0.29) is 17.1 Å². The van der Waals surface area contributed by atoms with Crippen LogP contribution in [0.25, 0.3) is 0 Å². The second-order valence-corrected chi connectivity index (χ2v) is 6.24. The average molecular weight is 294 g/mol. The lowest BCUT2D eigenvalue weighted by Gasteiger charge is -2.53. The van der Waals surface area contributed by atoms with Gasteiger partial charge >= 0.3 is 6.03 Å². The first-order valence-electron chi connectivity index (χ1n) is 6.98. The Hall–Kier alpha value is -1.66. The van der Waals surface area contributed by atoms with Gasteiger partial charge in [-0.1, -0.05) is 12.1 Å². The number of carbonyl (C=O) groups excluding carboxylic acids is 1. The van der Waals surface area contributed by atoms with Crippen molar-refractivity contribution in [2.24, 2.45) is 5.41 Å². The van der Waals surface area contributed by atoms with Gasteiger partial charge in [0.25, 0.3) is 0 Å². The Labute approximate surface area is 123 Å². The topological polar surface area (TPSA) is 50.8 Å². The SMILES string of the molecule is CC1(C)OCC2(CO1)CN(C(=O)Nc1ccccc1F)C2. The number of likely N-dealkylation sites (tertiary alicyclic amines) is 1. The summed E-state index contributed by atoms with van der Waals surface area (Å²) in [5.41, 5.74) is 0.0722. The minimum atomic E-state index is -0.554. The van der Waals surface area contributed by atoms with Crippen LogP contribution >= 0.6 is 0 Å². The first-order valence-corrected chi connectivity index (χ1v) is 6.98. The van der Waals surface area contributed by atoms with E-state index in [0.717, 1.165) is 0 Å². The zero-order valence-corrected chi connectivity index (χ0v) is 12.2. The molecule has 0 radical (unpaired) electrons. The number of urea groups is 1. The fourth-order valence-electron chi connectivity index (χ4n) is 2.58. The molecule has 2 heterocycles. The van der Waals surface area contributed by atoms with Gasteiger partial charge in [0.2, 0.25) is 0 Å². The van der Waals surface area contributed by atoms with E-state index in [1.54, 1.807) is 17.0 Å². The van der Waals surface area contributed by atoms with Gasteiger partial charge in [-0.2, -0.15) is 0 Å². The number of ether oxygens (including phenoxy) is 2. The van der Waals surface area contributed by atoms with Gasteiger partial charge in [0.1, 0.15) is 5.82 Å². The van der Waals surface area contributed by atoms with Crippen LogP contribution in [0.3, 0.4) is 0 Å². The molecule has 1 N–H and O–H groups in total. The monoisotopic (exact) mass is 294 g/mol. The number of rotatable bonds is 1. The molecule has 2 amide bonds. The summed E-state index contributed by atoms with van der Waals surface area (Å²) in [6, 6.07) is 5.83. The lowest BCUT2D eigenvalue weighted by molar-refractivity contribution is -0.301. The molecule has 0 aromatic heterocycles. The van der Waals surface area contributed by atoms with Crippen LogP contribution in [0.4, 0.5) is 14.9 Å². The number of carbonyl (C=O) groups is 1. The predicted octanol–water partition coefficient (Wildman–Crippen LogP) is 2.44. The summed E-state index contributed by atoms with van der Waals surface area (Å²) in [7, 11) is 0. The second kappa shape index (κ2) is 4.96. The van der Waals surface area contributed by atoms with E-state index in [4.69, 9.17) is 9.47 Å². The highest BCUT2D eigenvalue weighted by Crippen LogP contribution is 2.37. The molecule has 3 rings (SSSR count). The van der Waals surface area contributed by atoms with Crippen molar-refractivity contribution < 1.29 is 18.7 Å². The number of halogens is 1. The molecule has 0 atom stereocenters. The van der Waals surface area contributed by atoms with Gasteiger partial charge in [-0.05, 0) is 26.0 Å². The van der Waals surface area contributed by atoms with Gasteiger partial charge in [-0.15, -0.1) is 0 Å². The van der Waals surface area contributed by atoms with Crippen molar-refractivity contribution in [1.29, 1.82) is 0 Å². The van der Waals surface area contributed by atoms with E-state index >= 15 is 0 Å². The highest BCUT2D eigenvalue weighted by molar-refractivity contribution is 5.90. The quantitative estimate of drug-likeness (QED) is 0.865. The van der Waals surface area contributed by atoms with E-state index in [1.165, 1.54) is 12.1 Å². The highest BCUT2D eigenvalue weighted by Gasteiger charge is 2.50. The Morgan fingerprint density at radius 2 is 1.86 bits per heavy atom. The van der Waals surface area contributed by atoms with E-state index in [0.29, 0.717) is 26.3 Å². The van der Waals surface area contributed by atoms with Gasteiger partial charge < -0.3 is 19.7 Å². The van der Waals surface area contributed by atoms with Gasteiger partial charge in [-0.3, -0.25) is 0 Å². The van der Waals surface area contributed by atoms with E-state index in [9.17, 15) is 9.18 Å². The maximum atomic E-state index is 13.5. The fourth-order valence-corrected chi connectivity index (χ4v) is 2.58. The number of nitrogens with one attached hydrogen (secondary N) is 1. The molecule has 0 aliphatic carbocycles. The van der Waals surface area contributed by atoms with E-state index in [1.807, 2.05) is 13.8 Å². The molecule has 2 saturated heterocycles. The molecule has 1 aromatic carbocycles. The van der Waals surface area contributed by atoms with Crippen molar-refractivity contribution in [2.75, 3.05) is 31.6 Å². The van der Waals surface area contributed by atoms with Gasteiger partial charge in [-0.25, -0.2) is 9.18 Å². The van der Waals surface area contributed by atoms with Crippen LogP contribution in [-0.2, 0) is 9.47 Å². The van der Waals surface area contributed by atoms with Crippen molar-refractivity contribution in [3.05, 3.63) is 30.1 Å². The molecule has 0 saturated carbocycles. The molecule has 0 unspecified atom stereocenters. The molecule has 2 fully saturated rings. The number of nitrogens with zero attached hydrogens (tertiary/aromatic N) is 1. The molecule has 2 aliphatic heterocycles. The van der Waals surface area contributed by atoms with Crippen molar-refractivity contribution in [3.63, 3.8) is 0 Å². The molecular formula is C15H19FN2O3. The summed E-state index contributed by atoms with van der Waals surface area (Å²) in [4.78, 5) is 13.7. The number of anilines is 1. The lowest BCUT2D eigenvalue weighted by atomic mass is 9.81. The Balaban J connectivity index is 1.55. The number of para-hydroxylation sites is 1.